The van der Waals surface area contributed by atoms with Crippen molar-refractivity contribution >= 4 is 32.9 Å². The molecule has 11 nitrogen and oxygen atoms in total. The number of nitro groups is 1. The van der Waals surface area contributed by atoms with Crippen LogP contribution in [0.4, 0.5) is 17.1 Å². The largest absolute Gasteiger partial charge is 0.378 e. The number of benzene rings is 3. The number of primary sulfonamides is 1. The Hall–Kier alpha value is -3.84. The molecule has 0 radical (unpaired) electrons. The summed E-state index contributed by atoms with van der Waals surface area (Å²) in [4.78, 5) is 29.1. The van der Waals surface area contributed by atoms with Crippen LogP contribution >= 0.6 is 0 Å². The van der Waals surface area contributed by atoms with Crippen molar-refractivity contribution in [3.8, 4) is 0 Å². The van der Waals surface area contributed by atoms with Crippen LogP contribution in [0.3, 0.4) is 0 Å². The molecule has 3 aromatic carbocycles. The van der Waals surface area contributed by atoms with Crippen LogP contribution in [-0.2, 0) is 21.2 Å². The maximum atomic E-state index is 14.0. The minimum Gasteiger partial charge on any atom is -0.378 e. The van der Waals surface area contributed by atoms with E-state index in [1.165, 1.54) is 6.07 Å². The van der Waals surface area contributed by atoms with Gasteiger partial charge in [-0.3, -0.25) is 14.9 Å². The molecule has 3 N–H and O–H groups in total. The van der Waals surface area contributed by atoms with Crippen molar-refractivity contribution < 1.29 is 22.9 Å². The molecule has 0 aliphatic carbocycles. The van der Waals surface area contributed by atoms with Crippen LogP contribution in [0.15, 0.2) is 65.6 Å². The van der Waals surface area contributed by atoms with E-state index in [2.05, 4.69) is 27.2 Å². The molecule has 2 aliphatic rings. The second kappa shape index (κ2) is 11.7. The monoisotopic (exact) mass is 565 g/mol. The van der Waals surface area contributed by atoms with E-state index in [-0.39, 0.29) is 5.56 Å². The number of nitrogens with two attached hydrogens (primary N) is 1. The number of sulfonamides is 1. The average Bonchev–Trinajstić information content (AvgIpc) is 2.97. The maximum absolute atomic E-state index is 14.0. The molecule has 0 bridgehead atoms. The molecular formula is C28H31N5O6S. The van der Waals surface area contributed by atoms with E-state index < -0.39 is 31.3 Å². The third kappa shape index (κ3) is 5.85. The Labute approximate surface area is 232 Å². The topological polar surface area (TPSA) is 148 Å². The molecule has 2 aliphatic heterocycles. The Balaban J connectivity index is 1.60. The summed E-state index contributed by atoms with van der Waals surface area (Å²) >= 11 is 0. The first-order valence-corrected chi connectivity index (χ1v) is 14.6. The highest BCUT2D eigenvalue weighted by atomic mass is 32.2. The predicted octanol–water partition coefficient (Wildman–Crippen LogP) is 2.31. The lowest BCUT2D eigenvalue weighted by atomic mass is 9.93. The van der Waals surface area contributed by atoms with Gasteiger partial charge >= 0.3 is 0 Å². The molecule has 2 heterocycles. The zero-order chi connectivity index (χ0) is 28.3. The number of nitrogens with zero attached hydrogens (tertiary/aromatic N) is 3. The molecule has 2 saturated heterocycles. The SMILES string of the molecule is NS(=O)(=O)c1ccc(C(=O)c2cccc(Cc3ccccc3N3CCOCC3)c2N2CCNCC2)c([N+](=O)[O-])c1. The lowest BCUT2D eigenvalue weighted by Crippen LogP contribution is -2.44. The maximum Gasteiger partial charge on any atom is 0.281 e. The van der Waals surface area contributed by atoms with Crippen LogP contribution in [0.1, 0.15) is 27.0 Å². The molecular weight excluding hydrogens is 534 g/mol. The number of hydrogen-bond donors (Lipinski definition) is 2. The molecule has 12 heteroatoms. The summed E-state index contributed by atoms with van der Waals surface area (Å²) in [5.74, 6) is -0.551. The number of para-hydroxylation sites is 2. The van der Waals surface area contributed by atoms with Crippen LogP contribution in [-0.4, -0.2) is 71.6 Å². The lowest BCUT2D eigenvalue weighted by Gasteiger charge is -2.34. The number of morpholine rings is 1. The molecule has 210 valence electrons. The number of nitrogens with one attached hydrogen (secondary N) is 1. The van der Waals surface area contributed by atoms with Crippen molar-refractivity contribution in [3.05, 3.63) is 93.0 Å². The van der Waals surface area contributed by atoms with Gasteiger partial charge in [-0.05, 0) is 35.4 Å². The van der Waals surface area contributed by atoms with Gasteiger partial charge in [0.15, 0.2) is 0 Å². The fourth-order valence-electron chi connectivity index (χ4n) is 5.33. The van der Waals surface area contributed by atoms with Gasteiger partial charge in [-0.1, -0.05) is 30.3 Å². The Bertz CT molecular complexity index is 1530. The third-order valence-corrected chi connectivity index (χ3v) is 8.17. The Kier molecular flexibility index (Phi) is 8.12. The van der Waals surface area contributed by atoms with E-state index in [1.807, 2.05) is 18.2 Å². The molecule has 0 saturated carbocycles. The molecule has 0 unspecified atom stereocenters. The minimum atomic E-state index is -4.19. The van der Waals surface area contributed by atoms with Crippen molar-refractivity contribution in [3.63, 3.8) is 0 Å². The highest BCUT2D eigenvalue weighted by Crippen LogP contribution is 2.34. The van der Waals surface area contributed by atoms with Crippen LogP contribution in [0.2, 0.25) is 0 Å². The number of rotatable bonds is 8. The number of ether oxygens (including phenoxy) is 1. The summed E-state index contributed by atoms with van der Waals surface area (Å²) in [5, 5.41) is 20.4. The van der Waals surface area contributed by atoms with Crippen LogP contribution in [0.25, 0.3) is 0 Å². The molecule has 2 fully saturated rings. The first-order chi connectivity index (χ1) is 19.2. The molecule has 40 heavy (non-hydrogen) atoms. The summed E-state index contributed by atoms with van der Waals surface area (Å²) in [6, 6.07) is 16.8. The number of hydrogen-bond acceptors (Lipinski definition) is 9. The summed E-state index contributed by atoms with van der Waals surface area (Å²) < 4.78 is 29.2. The molecule has 3 aromatic rings. The van der Waals surface area contributed by atoms with Gasteiger partial charge in [-0.15, -0.1) is 0 Å². The van der Waals surface area contributed by atoms with E-state index in [0.717, 1.165) is 60.8 Å². The highest BCUT2D eigenvalue weighted by Gasteiger charge is 2.29. The normalized spacial score (nSPS) is 16.1. The van der Waals surface area contributed by atoms with E-state index in [4.69, 9.17) is 9.88 Å². The molecule has 0 amide bonds. The lowest BCUT2D eigenvalue weighted by molar-refractivity contribution is -0.385. The fraction of sp³-hybridized carbons (Fsp3) is 0.321. The highest BCUT2D eigenvalue weighted by molar-refractivity contribution is 7.89. The second-order valence-corrected chi connectivity index (χ2v) is 11.3. The number of carbonyl (C=O) groups is 1. The smallest absolute Gasteiger partial charge is 0.281 e. The van der Waals surface area contributed by atoms with Gasteiger partial charge in [0.2, 0.25) is 15.8 Å². The van der Waals surface area contributed by atoms with Crippen molar-refractivity contribution in [2.75, 3.05) is 62.3 Å². The molecule has 0 aromatic heterocycles. The second-order valence-electron chi connectivity index (χ2n) is 9.77. The number of ketones is 1. The van der Waals surface area contributed by atoms with Crippen molar-refractivity contribution in [1.82, 2.24) is 5.32 Å². The van der Waals surface area contributed by atoms with Crippen LogP contribution in [0, 0.1) is 10.1 Å². The average molecular weight is 566 g/mol. The predicted molar refractivity (Wildman–Crippen MR) is 152 cm³/mol. The Morgan fingerprint density at radius 3 is 2.33 bits per heavy atom. The third-order valence-electron chi connectivity index (χ3n) is 7.26. The standard InChI is InChI=1S/C28H31N5O6S/c29-40(37,38)22-8-9-23(26(19-22)33(35)36)28(34)24-6-3-5-21(27(24)32-12-10-30-11-13-32)18-20-4-1-2-7-25(20)31-14-16-39-17-15-31/h1-9,19,30H,10-18H2,(H2,29,37,38). The Morgan fingerprint density at radius 1 is 0.925 bits per heavy atom. The number of nitro benzene ring substituents is 1. The van der Waals surface area contributed by atoms with Crippen LogP contribution in [0.5, 0.6) is 0 Å². The van der Waals surface area contributed by atoms with Gasteiger partial charge in [0.05, 0.1) is 28.7 Å². The van der Waals surface area contributed by atoms with E-state index in [1.54, 1.807) is 12.1 Å². The van der Waals surface area contributed by atoms with E-state index >= 15 is 0 Å². The zero-order valence-corrected chi connectivity index (χ0v) is 22.7. The van der Waals surface area contributed by atoms with Crippen molar-refractivity contribution in [2.24, 2.45) is 5.14 Å². The summed E-state index contributed by atoms with van der Waals surface area (Å²) in [6.07, 6.45) is 0.556. The van der Waals surface area contributed by atoms with Gasteiger partial charge in [-0.25, -0.2) is 13.6 Å². The molecule has 0 spiro atoms. The van der Waals surface area contributed by atoms with E-state index in [0.29, 0.717) is 38.3 Å². The Morgan fingerprint density at radius 2 is 1.62 bits per heavy atom. The zero-order valence-electron chi connectivity index (χ0n) is 21.9. The van der Waals surface area contributed by atoms with Gasteiger partial charge in [0, 0.05) is 63.0 Å². The first kappa shape index (κ1) is 27.7. The van der Waals surface area contributed by atoms with Crippen molar-refractivity contribution in [2.45, 2.75) is 11.3 Å². The summed E-state index contributed by atoms with van der Waals surface area (Å²) in [7, 11) is -4.19. The van der Waals surface area contributed by atoms with E-state index in [9.17, 15) is 23.3 Å². The number of anilines is 2. The van der Waals surface area contributed by atoms with Gasteiger partial charge in [0.25, 0.3) is 5.69 Å². The molecule has 5 rings (SSSR count). The first-order valence-electron chi connectivity index (χ1n) is 13.1. The molecule has 0 atom stereocenters. The summed E-state index contributed by atoms with van der Waals surface area (Å²) in [6.45, 7) is 5.69. The minimum absolute atomic E-state index is 0.195. The van der Waals surface area contributed by atoms with Crippen molar-refractivity contribution in [1.29, 1.82) is 0 Å². The quantitative estimate of drug-likeness (QED) is 0.238. The summed E-state index contributed by atoms with van der Waals surface area (Å²) in [5.41, 5.74) is 3.41. The van der Waals surface area contributed by atoms with Gasteiger partial charge in [0.1, 0.15) is 5.56 Å². The fourth-order valence-corrected chi connectivity index (χ4v) is 5.87. The number of piperazine rings is 1. The van der Waals surface area contributed by atoms with Crippen LogP contribution < -0.4 is 20.3 Å². The number of carbonyl (C=O) groups excluding carboxylic acids is 1. The van der Waals surface area contributed by atoms with Gasteiger partial charge in [-0.2, -0.15) is 0 Å². The van der Waals surface area contributed by atoms with Gasteiger partial charge < -0.3 is 19.9 Å².